The highest BCUT2D eigenvalue weighted by Crippen LogP contribution is 2.31. The van der Waals surface area contributed by atoms with Crippen LogP contribution in [0.25, 0.3) is 22.2 Å². The molecule has 6 rings (SSSR count). The summed E-state index contributed by atoms with van der Waals surface area (Å²) in [7, 11) is 1.92. The van der Waals surface area contributed by atoms with Crippen LogP contribution in [0.15, 0.2) is 48.9 Å². The van der Waals surface area contributed by atoms with Crippen LogP contribution < -0.4 is 10.6 Å². The zero-order chi connectivity index (χ0) is 25.4. The first-order valence-electron chi connectivity index (χ1n) is 12.9. The number of hydrogen-bond acceptors (Lipinski definition) is 6. The van der Waals surface area contributed by atoms with Crippen molar-refractivity contribution in [3.8, 4) is 11.1 Å². The molecule has 5 heterocycles. The molecule has 192 valence electrons. The number of fused-ring (bicyclic) bond motifs is 1. The number of anilines is 1. The van der Waals surface area contributed by atoms with Gasteiger partial charge in [0.25, 0.3) is 0 Å². The highest BCUT2D eigenvalue weighted by Gasteiger charge is 2.34. The molecule has 2 fully saturated rings. The van der Waals surface area contributed by atoms with Gasteiger partial charge in [-0.3, -0.25) is 14.4 Å². The topological polar surface area (TPSA) is 104 Å². The highest BCUT2D eigenvalue weighted by atomic mass is 35.5. The number of halogens is 1. The lowest BCUT2D eigenvalue weighted by Crippen LogP contribution is -2.55. The molecule has 1 saturated heterocycles. The maximum Gasteiger partial charge on any atom is 0.225 e. The maximum absolute atomic E-state index is 12.7. The van der Waals surface area contributed by atoms with Crippen LogP contribution in [0, 0.1) is 5.92 Å². The average molecular weight is 519 g/mol. The minimum absolute atomic E-state index is 0.0772. The lowest BCUT2D eigenvalue weighted by molar-refractivity contribution is -0.131. The van der Waals surface area contributed by atoms with Gasteiger partial charge in [-0.15, -0.1) is 0 Å². The first kappa shape index (κ1) is 23.9. The van der Waals surface area contributed by atoms with E-state index in [9.17, 15) is 4.79 Å². The molecule has 37 heavy (non-hydrogen) atoms. The van der Waals surface area contributed by atoms with Gasteiger partial charge in [0.2, 0.25) is 5.91 Å². The second-order valence-corrected chi connectivity index (χ2v) is 10.6. The van der Waals surface area contributed by atoms with Crippen LogP contribution >= 0.6 is 11.6 Å². The molecule has 0 aromatic carbocycles. The van der Waals surface area contributed by atoms with E-state index in [-0.39, 0.29) is 17.9 Å². The van der Waals surface area contributed by atoms with Crippen LogP contribution in [0.3, 0.4) is 0 Å². The predicted molar refractivity (Wildman–Crippen MR) is 144 cm³/mol. The molecule has 0 radical (unpaired) electrons. The number of nitrogens with zero attached hydrogens (tertiary/aromatic N) is 5. The molecule has 4 aromatic rings. The molecule has 0 unspecified atom stereocenters. The number of rotatable bonds is 7. The molecular weight excluding hydrogens is 488 g/mol. The molecule has 9 nitrogen and oxygen atoms in total. The Bertz CT molecular complexity index is 1400. The Morgan fingerprint density at radius 1 is 1.16 bits per heavy atom. The number of aromatic amines is 1. The van der Waals surface area contributed by atoms with Gasteiger partial charge in [-0.1, -0.05) is 11.6 Å². The fourth-order valence-electron chi connectivity index (χ4n) is 5.47. The van der Waals surface area contributed by atoms with Gasteiger partial charge < -0.3 is 15.6 Å². The third-order valence-electron chi connectivity index (χ3n) is 7.46. The number of pyridine rings is 2. The predicted octanol–water partition coefficient (Wildman–Crippen LogP) is 3.98. The Hall–Kier alpha value is -3.43. The maximum atomic E-state index is 12.7. The summed E-state index contributed by atoms with van der Waals surface area (Å²) in [4.78, 5) is 27.1. The van der Waals surface area contributed by atoms with Crippen LogP contribution in [-0.4, -0.2) is 60.7 Å². The number of nitrogens with one attached hydrogen (secondary N) is 3. The zero-order valence-corrected chi connectivity index (χ0v) is 21.6. The van der Waals surface area contributed by atoms with Gasteiger partial charge in [0.05, 0.1) is 11.6 Å². The van der Waals surface area contributed by atoms with Gasteiger partial charge >= 0.3 is 0 Å². The van der Waals surface area contributed by atoms with Gasteiger partial charge in [0.1, 0.15) is 16.6 Å². The number of amides is 1. The summed E-state index contributed by atoms with van der Waals surface area (Å²) >= 11 is 6.39. The molecule has 2 aliphatic rings. The van der Waals surface area contributed by atoms with Crippen molar-refractivity contribution >= 4 is 34.4 Å². The van der Waals surface area contributed by atoms with Crippen molar-refractivity contribution in [2.75, 3.05) is 18.4 Å². The monoisotopic (exact) mass is 518 g/mol. The van der Waals surface area contributed by atoms with Crippen molar-refractivity contribution in [2.24, 2.45) is 13.0 Å². The van der Waals surface area contributed by atoms with Crippen molar-refractivity contribution in [3.05, 3.63) is 59.8 Å². The van der Waals surface area contributed by atoms with Crippen molar-refractivity contribution < 1.29 is 4.79 Å². The zero-order valence-electron chi connectivity index (χ0n) is 20.8. The van der Waals surface area contributed by atoms with E-state index in [1.807, 2.05) is 54.5 Å². The number of aromatic nitrogens is 5. The van der Waals surface area contributed by atoms with Crippen LogP contribution in [0.5, 0.6) is 0 Å². The average Bonchev–Trinajstić information content (AvgIpc) is 3.48. The van der Waals surface area contributed by atoms with Gasteiger partial charge in [-0.2, -0.15) is 5.10 Å². The number of aryl methyl sites for hydroxylation is 1. The summed E-state index contributed by atoms with van der Waals surface area (Å²) in [6, 6.07) is 10.5. The first-order chi connectivity index (χ1) is 18.0. The Balaban J connectivity index is 0.993. The second-order valence-electron chi connectivity index (χ2n) is 10.2. The Labute approximate surface area is 220 Å². The fraction of sp³-hybridized carbons (Fsp3) is 0.407. The molecule has 0 atom stereocenters. The van der Waals surface area contributed by atoms with E-state index in [1.165, 1.54) is 0 Å². The fourth-order valence-corrected chi connectivity index (χ4v) is 5.68. The summed E-state index contributed by atoms with van der Waals surface area (Å²) in [5.41, 5.74) is 3.95. The molecule has 1 aliphatic carbocycles. The van der Waals surface area contributed by atoms with E-state index >= 15 is 0 Å². The number of hydrogen-bond donors (Lipinski definition) is 3. The molecule has 0 bridgehead atoms. The Kier molecular flexibility index (Phi) is 6.56. The minimum Gasteiger partial charge on any atom is -0.367 e. The van der Waals surface area contributed by atoms with E-state index in [2.05, 4.69) is 35.6 Å². The van der Waals surface area contributed by atoms with Crippen molar-refractivity contribution in [3.63, 3.8) is 0 Å². The lowest BCUT2D eigenvalue weighted by Gasteiger charge is -2.39. The molecule has 4 aromatic heterocycles. The van der Waals surface area contributed by atoms with Crippen LogP contribution in [0.4, 0.5) is 5.82 Å². The molecular formula is C27H31ClN8O. The van der Waals surface area contributed by atoms with Crippen LogP contribution in [0.2, 0.25) is 5.15 Å². The molecule has 1 amide bonds. The standard InChI is InChI=1S/C27H31ClN8O/c1-35-10-8-21(34-35)16-36-14-18(15-36)27(37)32-20-6-4-19(5-7-20)31-25-12-17(11-24(28)33-25)23-13-30-26-22(23)3-2-9-29-26/h2-3,8-13,18-20H,4-7,14-16H2,1H3,(H,29,30)(H,31,33)(H,32,37)/t19-,20-. The smallest absolute Gasteiger partial charge is 0.225 e. The molecule has 1 saturated carbocycles. The largest absolute Gasteiger partial charge is 0.367 e. The van der Waals surface area contributed by atoms with E-state index < -0.39 is 0 Å². The third kappa shape index (κ3) is 5.33. The first-order valence-corrected chi connectivity index (χ1v) is 13.3. The summed E-state index contributed by atoms with van der Waals surface area (Å²) < 4.78 is 1.81. The minimum atomic E-state index is 0.0772. The van der Waals surface area contributed by atoms with Crippen molar-refractivity contribution in [1.29, 1.82) is 0 Å². The van der Waals surface area contributed by atoms with Crippen LogP contribution in [-0.2, 0) is 18.4 Å². The number of likely N-dealkylation sites (tertiary alicyclic amines) is 1. The summed E-state index contributed by atoms with van der Waals surface area (Å²) in [6.45, 7) is 2.40. The summed E-state index contributed by atoms with van der Waals surface area (Å²) in [5.74, 6) is 1.03. The third-order valence-corrected chi connectivity index (χ3v) is 7.66. The van der Waals surface area contributed by atoms with Gasteiger partial charge in [0.15, 0.2) is 0 Å². The summed E-state index contributed by atoms with van der Waals surface area (Å²) in [5, 5.41) is 12.8. The second kappa shape index (κ2) is 10.1. The molecule has 3 N–H and O–H groups in total. The summed E-state index contributed by atoms with van der Waals surface area (Å²) in [6.07, 6.45) is 9.54. The van der Waals surface area contributed by atoms with E-state index in [1.54, 1.807) is 6.20 Å². The van der Waals surface area contributed by atoms with E-state index in [0.29, 0.717) is 11.2 Å². The van der Waals surface area contributed by atoms with Crippen molar-refractivity contribution in [2.45, 2.75) is 44.3 Å². The number of H-pyrrole nitrogens is 1. The molecule has 1 aliphatic heterocycles. The SMILES string of the molecule is Cn1ccc(CN2CC(C(=O)N[C@H]3CC[C@H](Nc4cc(-c5c[nH]c6ncccc56)cc(Cl)n4)CC3)C2)n1. The normalized spacial score (nSPS) is 20.6. The van der Waals surface area contributed by atoms with Gasteiger partial charge in [0, 0.05) is 68.3 Å². The Morgan fingerprint density at radius 2 is 1.97 bits per heavy atom. The molecule has 10 heteroatoms. The lowest BCUT2D eigenvalue weighted by atomic mass is 9.90. The van der Waals surface area contributed by atoms with Gasteiger partial charge in [-0.05, 0) is 61.6 Å². The molecule has 0 spiro atoms. The van der Waals surface area contributed by atoms with E-state index in [0.717, 1.165) is 79.0 Å². The number of carbonyl (C=O) groups is 1. The Morgan fingerprint density at radius 3 is 2.76 bits per heavy atom. The highest BCUT2D eigenvalue weighted by molar-refractivity contribution is 6.29. The number of carbonyl (C=O) groups excluding carboxylic acids is 1. The van der Waals surface area contributed by atoms with E-state index in [4.69, 9.17) is 11.6 Å². The van der Waals surface area contributed by atoms with Crippen molar-refractivity contribution in [1.82, 2.24) is 34.9 Å². The van der Waals surface area contributed by atoms with Gasteiger partial charge in [-0.25, -0.2) is 9.97 Å². The van der Waals surface area contributed by atoms with Crippen LogP contribution in [0.1, 0.15) is 31.4 Å². The quantitative estimate of drug-likeness (QED) is 0.320.